The van der Waals surface area contributed by atoms with Gasteiger partial charge in [0.1, 0.15) is 11.8 Å². The van der Waals surface area contributed by atoms with Crippen molar-refractivity contribution in [1.82, 2.24) is 10.1 Å². The third-order valence-corrected chi connectivity index (χ3v) is 4.25. The van der Waals surface area contributed by atoms with E-state index in [2.05, 4.69) is 15.4 Å². The number of carbonyl (C=O) groups excluding carboxylic acids is 1. The Morgan fingerprint density at radius 2 is 1.87 bits per heavy atom. The predicted octanol–water partition coefficient (Wildman–Crippen LogP) is 3.54. The first-order chi connectivity index (χ1) is 11.2. The summed E-state index contributed by atoms with van der Waals surface area (Å²) in [6.45, 7) is 3.71. The number of likely N-dealkylation sites (tertiary alicyclic amines) is 1. The van der Waals surface area contributed by atoms with E-state index in [0.717, 1.165) is 31.5 Å². The number of nitrogens with one attached hydrogen (secondary N) is 1. The summed E-state index contributed by atoms with van der Waals surface area (Å²) in [6, 6.07) is 11.4. The number of aromatic nitrogens is 1. The number of hydrogen-bond donors (Lipinski definition) is 1. The zero-order valence-corrected chi connectivity index (χ0v) is 13.5. The number of benzene rings is 1. The summed E-state index contributed by atoms with van der Waals surface area (Å²) in [7, 11) is 0. The molecule has 1 aromatic heterocycles. The van der Waals surface area contributed by atoms with Gasteiger partial charge in [0, 0.05) is 6.07 Å². The first kappa shape index (κ1) is 15.7. The van der Waals surface area contributed by atoms with Crippen molar-refractivity contribution >= 4 is 11.7 Å². The van der Waals surface area contributed by atoms with Gasteiger partial charge in [0.15, 0.2) is 5.82 Å². The fourth-order valence-electron chi connectivity index (χ4n) is 3.14. The van der Waals surface area contributed by atoms with Crippen LogP contribution >= 0.6 is 0 Å². The van der Waals surface area contributed by atoms with E-state index in [0.29, 0.717) is 11.6 Å². The Kier molecular flexibility index (Phi) is 5.08. The molecular weight excluding hydrogens is 290 g/mol. The Hall–Kier alpha value is -2.14. The number of amides is 1. The van der Waals surface area contributed by atoms with Gasteiger partial charge in [0.05, 0.1) is 0 Å². The lowest BCUT2D eigenvalue weighted by Gasteiger charge is -2.29. The van der Waals surface area contributed by atoms with E-state index in [4.69, 9.17) is 4.52 Å². The van der Waals surface area contributed by atoms with Gasteiger partial charge < -0.3 is 9.84 Å². The van der Waals surface area contributed by atoms with E-state index >= 15 is 0 Å². The van der Waals surface area contributed by atoms with Crippen LogP contribution in [0.25, 0.3) is 0 Å². The summed E-state index contributed by atoms with van der Waals surface area (Å²) in [5, 5.41) is 6.76. The number of nitrogens with zero attached hydrogens (tertiary/aromatic N) is 2. The Morgan fingerprint density at radius 1 is 1.17 bits per heavy atom. The minimum Gasteiger partial charge on any atom is -0.360 e. The van der Waals surface area contributed by atoms with Gasteiger partial charge in [0.25, 0.3) is 0 Å². The van der Waals surface area contributed by atoms with Crippen LogP contribution in [0.2, 0.25) is 0 Å². The average Bonchev–Trinajstić information content (AvgIpc) is 2.80. The van der Waals surface area contributed by atoms with E-state index in [-0.39, 0.29) is 11.9 Å². The molecule has 0 spiro atoms. The number of anilines is 1. The molecule has 1 amide bonds. The minimum atomic E-state index is -0.286. The van der Waals surface area contributed by atoms with E-state index in [1.807, 2.05) is 37.3 Å². The highest BCUT2D eigenvalue weighted by molar-refractivity contribution is 5.94. The lowest BCUT2D eigenvalue weighted by Crippen LogP contribution is -2.38. The lowest BCUT2D eigenvalue weighted by atomic mass is 10.0. The van der Waals surface area contributed by atoms with Crippen molar-refractivity contribution < 1.29 is 9.32 Å². The van der Waals surface area contributed by atoms with Gasteiger partial charge in [-0.15, -0.1) is 0 Å². The maximum Gasteiger partial charge on any atom is 0.247 e. The second-order valence-electron chi connectivity index (χ2n) is 6.08. The van der Waals surface area contributed by atoms with Gasteiger partial charge in [-0.05, 0) is 38.4 Å². The molecule has 122 valence electrons. The Morgan fingerprint density at radius 3 is 2.48 bits per heavy atom. The number of hydrogen-bond acceptors (Lipinski definition) is 4. The van der Waals surface area contributed by atoms with E-state index < -0.39 is 0 Å². The van der Waals surface area contributed by atoms with Crippen molar-refractivity contribution in [2.24, 2.45) is 0 Å². The van der Waals surface area contributed by atoms with Crippen molar-refractivity contribution in [2.75, 3.05) is 18.4 Å². The molecule has 1 N–H and O–H groups in total. The first-order valence-electron chi connectivity index (χ1n) is 8.27. The van der Waals surface area contributed by atoms with Crippen LogP contribution in [0.15, 0.2) is 40.9 Å². The molecule has 23 heavy (non-hydrogen) atoms. The summed E-state index contributed by atoms with van der Waals surface area (Å²) < 4.78 is 5.04. The fourth-order valence-corrected chi connectivity index (χ4v) is 3.14. The maximum absolute atomic E-state index is 12.9. The quantitative estimate of drug-likeness (QED) is 0.938. The van der Waals surface area contributed by atoms with E-state index in [9.17, 15) is 4.79 Å². The highest BCUT2D eigenvalue weighted by Crippen LogP contribution is 2.25. The van der Waals surface area contributed by atoms with E-state index in [1.165, 1.54) is 12.8 Å². The zero-order chi connectivity index (χ0) is 16.1. The van der Waals surface area contributed by atoms with E-state index in [1.54, 1.807) is 6.07 Å². The van der Waals surface area contributed by atoms with Gasteiger partial charge in [-0.2, -0.15) is 0 Å². The van der Waals surface area contributed by atoms with Gasteiger partial charge in [0.2, 0.25) is 5.91 Å². The SMILES string of the molecule is Cc1cc(NC(=O)[C@H](c2ccccc2)N2CCCCCC2)no1. The predicted molar refractivity (Wildman–Crippen MR) is 89.1 cm³/mol. The van der Waals surface area contributed by atoms with Crippen molar-refractivity contribution in [3.05, 3.63) is 47.7 Å². The second-order valence-corrected chi connectivity index (χ2v) is 6.08. The average molecular weight is 313 g/mol. The third kappa shape index (κ3) is 3.99. The molecule has 2 aromatic rings. The summed E-state index contributed by atoms with van der Waals surface area (Å²) >= 11 is 0. The lowest BCUT2D eigenvalue weighted by molar-refractivity contribution is -0.121. The number of carbonyl (C=O) groups is 1. The molecule has 5 heteroatoms. The summed E-state index contributed by atoms with van der Waals surface area (Å²) in [5.41, 5.74) is 1.02. The molecular formula is C18H23N3O2. The van der Waals surface area contributed by atoms with Crippen molar-refractivity contribution in [3.63, 3.8) is 0 Å². The number of aryl methyl sites for hydroxylation is 1. The van der Waals surface area contributed by atoms with Crippen molar-refractivity contribution in [1.29, 1.82) is 0 Å². The molecule has 0 aliphatic carbocycles. The fraction of sp³-hybridized carbons (Fsp3) is 0.444. The molecule has 0 bridgehead atoms. The first-order valence-corrected chi connectivity index (χ1v) is 8.27. The maximum atomic E-state index is 12.9. The van der Waals surface area contributed by atoms with Crippen LogP contribution in [0.4, 0.5) is 5.82 Å². The standard InChI is InChI=1S/C18H23N3O2/c1-14-13-16(20-23-14)19-18(22)17(15-9-5-4-6-10-15)21-11-7-2-3-8-12-21/h4-6,9-10,13,17H,2-3,7-8,11-12H2,1H3,(H,19,20,22)/t17-/m0/s1. The normalized spacial score (nSPS) is 17.4. The highest BCUT2D eigenvalue weighted by atomic mass is 16.5. The van der Waals surface area contributed by atoms with Crippen LogP contribution in [0.5, 0.6) is 0 Å². The molecule has 0 radical (unpaired) electrons. The Labute approximate surface area is 136 Å². The molecule has 1 atom stereocenters. The molecule has 1 aliphatic heterocycles. The van der Waals surface area contributed by atoms with Crippen molar-refractivity contribution in [3.8, 4) is 0 Å². The van der Waals surface area contributed by atoms with Crippen LogP contribution in [0, 0.1) is 6.92 Å². The second kappa shape index (κ2) is 7.42. The third-order valence-electron chi connectivity index (χ3n) is 4.25. The zero-order valence-electron chi connectivity index (χ0n) is 13.5. The minimum absolute atomic E-state index is 0.0496. The summed E-state index contributed by atoms with van der Waals surface area (Å²) in [4.78, 5) is 15.2. The monoisotopic (exact) mass is 313 g/mol. The largest absolute Gasteiger partial charge is 0.360 e. The highest BCUT2D eigenvalue weighted by Gasteiger charge is 2.28. The Balaban J connectivity index is 1.83. The molecule has 1 saturated heterocycles. The van der Waals surface area contributed by atoms with Crippen molar-refractivity contribution in [2.45, 2.75) is 38.6 Å². The number of rotatable bonds is 4. The van der Waals surface area contributed by atoms with Crippen LogP contribution in [0.1, 0.15) is 43.0 Å². The molecule has 5 nitrogen and oxygen atoms in total. The topological polar surface area (TPSA) is 58.4 Å². The van der Waals surface area contributed by atoms with Gasteiger partial charge in [-0.3, -0.25) is 9.69 Å². The van der Waals surface area contributed by atoms with Gasteiger partial charge >= 0.3 is 0 Å². The van der Waals surface area contributed by atoms with Crippen LogP contribution in [-0.2, 0) is 4.79 Å². The summed E-state index contributed by atoms with van der Waals surface area (Å²) in [5.74, 6) is 1.11. The van der Waals surface area contributed by atoms with Crippen LogP contribution in [0.3, 0.4) is 0 Å². The molecule has 1 aromatic carbocycles. The smallest absolute Gasteiger partial charge is 0.247 e. The molecule has 1 aliphatic rings. The molecule has 0 unspecified atom stereocenters. The van der Waals surface area contributed by atoms with Crippen LogP contribution in [-0.4, -0.2) is 29.1 Å². The van der Waals surface area contributed by atoms with Crippen LogP contribution < -0.4 is 5.32 Å². The van der Waals surface area contributed by atoms with Gasteiger partial charge in [-0.25, -0.2) is 0 Å². The Bertz CT molecular complexity index is 631. The molecule has 3 rings (SSSR count). The van der Waals surface area contributed by atoms with Gasteiger partial charge in [-0.1, -0.05) is 48.3 Å². The summed E-state index contributed by atoms with van der Waals surface area (Å²) in [6.07, 6.45) is 4.75. The molecule has 1 fully saturated rings. The molecule has 2 heterocycles. The molecule has 0 saturated carbocycles.